The van der Waals surface area contributed by atoms with Gasteiger partial charge in [-0.3, -0.25) is 9.89 Å². The van der Waals surface area contributed by atoms with Crippen molar-refractivity contribution in [1.29, 1.82) is 0 Å². The van der Waals surface area contributed by atoms with E-state index in [2.05, 4.69) is 20.8 Å². The molecule has 29 heavy (non-hydrogen) atoms. The van der Waals surface area contributed by atoms with Gasteiger partial charge in [0, 0.05) is 6.54 Å². The molecule has 3 N–H and O–H groups in total. The van der Waals surface area contributed by atoms with Crippen molar-refractivity contribution in [2.24, 2.45) is 5.92 Å². The van der Waals surface area contributed by atoms with Gasteiger partial charge in [-0.1, -0.05) is 72.0 Å². The Labute approximate surface area is 177 Å². The van der Waals surface area contributed by atoms with Gasteiger partial charge in [-0.2, -0.15) is 0 Å². The van der Waals surface area contributed by atoms with Crippen molar-refractivity contribution in [1.82, 2.24) is 15.5 Å². The molecule has 0 aliphatic heterocycles. The van der Waals surface area contributed by atoms with Crippen LogP contribution in [0.2, 0.25) is 0 Å². The summed E-state index contributed by atoms with van der Waals surface area (Å²) in [7, 11) is 0. The molecule has 9 heteroatoms. The summed E-state index contributed by atoms with van der Waals surface area (Å²) in [5, 5.41) is 12.4. The lowest BCUT2D eigenvalue weighted by Crippen LogP contribution is -2.37. The predicted octanol–water partition coefficient (Wildman–Crippen LogP) is 3.92. The van der Waals surface area contributed by atoms with Gasteiger partial charge in [-0.15, -0.1) is 5.10 Å². The van der Waals surface area contributed by atoms with Gasteiger partial charge in [0.05, 0.1) is 5.92 Å². The van der Waals surface area contributed by atoms with Gasteiger partial charge in [0.2, 0.25) is 11.0 Å². The average molecular weight is 429 g/mol. The monoisotopic (exact) mass is 428 g/mol. The molecule has 0 aliphatic carbocycles. The van der Waals surface area contributed by atoms with E-state index in [-0.39, 0.29) is 19.1 Å². The van der Waals surface area contributed by atoms with Crippen molar-refractivity contribution < 1.29 is 14.3 Å². The fraction of sp³-hybridized carbons (Fsp3) is 0.200. The minimum absolute atomic E-state index is 0.129. The molecule has 0 saturated carbocycles. The van der Waals surface area contributed by atoms with Crippen LogP contribution in [0.5, 0.6) is 0 Å². The van der Waals surface area contributed by atoms with E-state index >= 15 is 0 Å². The molecular formula is C20H20N4O3S2. The highest BCUT2D eigenvalue weighted by Crippen LogP contribution is 2.15. The van der Waals surface area contributed by atoms with E-state index < -0.39 is 12.0 Å². The van der Waals surface area contributed by atoms with Gasteiger partial charge >= 0.3 is 6.09 Å². The molecule has 2 amide bonds. The Bertz CT molecular complexity index is 989. The first-order valence-corrected chi connectivity index (χ1v) is 10.2. The van der Waals surface area contributed by atoms with Crippen LogP contribution in [-0.2, 0) is 22.6 Å². The lowest BCUT2D eigenvalue weighted by atomic mass is 9.98. The Morgan fingerprint density at radius 1 is 1.07 bits per heavy atom. The Morgan fingerprint density at radius 3 is 2.34 bits per heavy atom. The molecule has 0 fully saturated rings. The van der Waals surface area contributed by atoms with Crippen LogP contribution in [0.15, 0.2) is 60.7 Å². The number of aromatic amines is 1. The summed E-state index contributed by atoms with van der Waals surface area (Å²) in [6.07, 6.45) is -0.114. The maximum absolute atomic E-state index is 12.7. The van der Waals surface area contributed by atoms with Crippen LogP contribution >= 0.6 is 23.6 Å². The fourth-order valence-corrected chi connectivity index (χ4v) is 3.42. The van der Waals surface area contributed by atoms with Crippen LogP contribution in [-0.4, -0.2) is 28.7 Å². The minimum atomic E-state index is -0.574. The molecule has 1 unspecified atom stereocenters. The van der Waals surface area contributed by atoms with Crippen molar-refractivity contribution in [3.8, 4) is 0 Å². The van der Waals surface area contributed by atoms with Crippen LogP contribution < -0.4 is 10.6 Å². The van der Waals surface area contributed by atoms with Gasteiger partial charge in [-0.05, 0) is 29.8 Å². The number of alkyl carbamates (subject to hydrolysis) is 1. The third-order valence-electron chi connectivity index (χ3n) is 4.07. The SMILES string of the molecule is O=C(NCC(Cc1ccccc1)C(=O)Nc1n[nH]c(=S)s1)OCc1ccccc1. The number of benzene rings is 2. The molecule has 1 atom stereocenters. The number of rotatable bonds is 8. The Morgan fingerprint density at radius 2 is 1.72 bits per heavy atom. The van der Waals surface area contributed by atoms with Crippen LogP contribution in [0.4, 0.5) is 9.93 Å². The second kappa shape index (κ2) is 10.5. The van der Waals surface area contributed by atoms with Crippen LogP contribution in [0.25, 0.3) is 0 Å². The zero-order valence-corrected chi connectivity index (χ0v) is 17.1. The van der Waals surface area contributed by atoms with E-state index in [1.54, 1.807) is 0 Å². The molecule has 0 radical (unpaired) electrons. The van der Waals surface area contributed by atoms with Crippen LogP contribution in [0, 0.1) is 9.87 Å². The van der Waals surface area contributed by atoms with Gasteiger partial charge < -0.3 is 15.4 Å². The van der Waals surface area contributed by atoms with Crippen LogP contribution in [0.3, 0.4) is 0 Å². The second-order valence-electron chi connectivity index (χ2n) is 6.24. The summed E-state index contributed by atoms with van der Waals surface area (Å²) < 4.78 is 5.69. The Balaban J connectivity index is 1.58. The molecule has 1 aromatic heterocycles. The number of ether oxygens (including phenoxy) is 1. The van der Waals surface area contributed by atoms with Gasteiger partial charge in [0.1, 0.15) is 6.61 Å². The highest BCUT2D eigenvalue weighted by atomic mass is 32.1. The summed E-state index contributed by atoms with van der Waals surface area (Å²) in [6, 6.07) is 19.0. The molecule has 3 aromatic rings. The average Bonchev–Trinajstić information content (AvgIpc) is 3.15. The Kier molecular flexibility index (Phi) is 7.48. The maximum Gasteiger partial charge on any atom is 0.407 e. The normalized spacial score (nSPS) is 11.4. The summed E-state index contributed by atoms with van der Waals surface area (Å²) in [4.78, 5) is 24.8. The van der Waals surface area contributed by atoms with Crippen molar-refractivity contribution in [2.45, 2.75) is 13.0 Å². The van der Waals surface area contributed by atoms with E-state index in [1.165, 1.54) is 11.3 Å². The van der Waals surface area contributed by atoms with Crippen molar-refractivity contribution in [3.63, 3.8) is 0 Å². The first-order valence-electron chi connectivity index (χ1n) is 8.95. The molecule has 0 saturated heterocycles. The molecule has 150 valence electrons. The van der Waals surface area contributed by atoms with Gasteiger partial charge in [0.15, 0.2) is 3.95 Å². The largest absolute Gasteiger partial charge is 0.445 e. The fourth-order valence-electron chi connectivity index (χ4n) is 2.63. The second-order valence-corrected chi connectivity index (χ2v) is 7.90. The summed E-state index contributed by atoms with van der Waals surface area (Å²) in [5.41, 5.74) is 1.88. The quantitative estimate of drug-likeness (QED) is 0.473. The molecule has 0 spiro atoms. The van der Waals surface area contributed by atoms with Crippen molar-refractivity contribution in [2.75, 3.05) is 11.9 Å². The molecule has 0 bridgehead atoms. The van der Waals surface area contributed by atoms with Crippen molar-refractivity contribution >= 4 is 40.7 Å². The van der Waals surface area contributed by atoms with E-state index in [1.807, 2.05) is 60.7 Å². The molecule has 7 nitrogen and oxygen atoms in total. The number of anilines is 1. The topological polar surface area (TPSA) is 96.1 Å². The molecular weight excluding hydrogens is 408 g/mol. The first-order chi connectivity index (χ1) is 14.1. The highest BCUT2D eigenvalue weighted by Gasteiger charge is 2.21. The van der Waals surface area contributed by atoms with E-state index in [0.29, 0.717) is 15.5 Å². The summed E-state index contributed by atoms with van der Waals surface area (Å²) in [6.45, 7) is 0.295. The number of carbonyl (C=O) groups excluding carboxylic acids is 2. The summed E-state index contributed by atoms with van der Waals surface area (Å²) in [5.74, 6) is -0.755. The number of amides is 2. The number of hydrogen-bond donors (Lipinski definition) is 3. The van der Waals surface area contributed by atoms with Gasteiger partial charge in [0.25, 0.3) is 0 Å². The smallest absolute Gasteiger partial charge is 0.407 e. The minimum Gasteiger partial charge on any atom is -0.445 e. The number of hydrogen-bond acceptors (Lipinski definition) is 6. The first kappa shape index (κ1) is 20.7. The third kappa shape index (κ3) is 6.81. The molecule has 2 aromatic carbocycles. The Hall–Kier alpha value is -3.04. The summed E-state index contributed by atoms with van der Waals surface area (Å²) >= 11 is 6.16. The number of H-pyrrole nitrogens is 1. The molecule has 3 rings (SSSR count). The van der Waals surface area contributed by atoms with Gasteiger partial charge in [-0.25, -0.2) is 4.79 Å². The van der Waals surface area contributed by atoms with E-state index in [0.717, 1.165) is 11.1 Å². The molecule has 1 heterocycles. The number of aromatic nitrogens is 2. The zero-order chi connectivity index (χ0) is 20.5. The van der Waals surface area contributed by atoms with E-state index in [9.17, 15) is 9.59 Å². The number of nitrogens with one attached hydrogen (secondary N) is 3. The van der Waals surface area contributed by atoms with E-state index in [4.69, 9.17) is 17.0 Å². The zero-order valence-electron chi connectivity index (χ0n) is 15.5. The maximum atomic E-state index is 12.7. The van der Waals surface area contributed by atoms with Crippen molar-refractivity contribution in [3.05, 3.63) is 75.7 Å². The molecule has 0 aliphatic rings. The third-order valence-corrected chi connectivity index (χ3v) is 5.07. The van der Waals surface area contributed by atoms with Crippen LogP contribution in [0.1, 0.15) is 11.1 Å². The lowest BCUT2D eigenvalue weighted by Gasteiger charge is -2.17. The number of carbonyl (C=O) groups is 2. The number of nitrogens with zero attached hydrogens (tertiary/aromatic N) is 1. The highest BCUT2D eigenvalue weighted by molar-refractivity contribution is 7.73. The predicted molar refractivity (Wildman–Crippen MR) is 114 cm³/mol. The lowest BCUT2D eigenvalue weighted by molar-refractivity contribution is -0.119. The standard InChI is InChI=1S/C20H20N4O3S2/c25-17(22-18-23-24-20(28)29-18)16(11-14-7-3-1-4-8-14)12-21-19(26)27-13-15-9-5-2-6-10-15/h1-10,16H,11-13H2,(H,21,26)(H,24,28)(H,22,23,25).